The van der Waals surface area contributed by atoms with Crippen molar-refractivity contribution in [3.8, 4) is 16.9 Å². The van der Waals surface area contributed by atoms with Gasteiger partial charge in [-0.2, -0.15) is 0 Å². The Labute approximate surface area is 382 Å². The summed E-state index contributed by atoms with van der Waals surface area (Å²) in [5, 5.41) is 115. The summed E-state index contributed by atoms with van der Waals surface area (Å²) in [5.41, 5.74) is 2.99. The van der Waals surface area contributed by atoms with Gasteiger partial charge in [-0.1, -0.05) is 66.7 Å². The van der Waals surface area contributed by atoms with Gasteiger partial charge in [-0.25, -0.2) is 9.18 Å². The number of para-hydroxylation sites is 1. The molecule has 1 saturated carbocycles. The number of carbonyl (C=O) groups is 2. The number of benzene rings is 4. The van der Waals surface area contributed by atoms with Gasteiger partial charge >= 0.3 is 5.97 Å². The molecule has 4 aliphatic rings. The minimum Gasteiger partial charge on any atom is -0.506 e. The molecule has 3 fully saturated rings. The van der Waals surface area contributed by atoms with E-state index in [1.807, 2.05) is 0 Å². The zero-order chi connectivity index (χ0) is 47.8. The van der Waals surface area contributed by atoms with Crippen molar-refractivity contribution in [2.45, 2.75) is 105 Å². The van der Waals surface area contributed by atoms with E-state index in [1.54, 1.807) is 72.8 Å². The number of carboxylic acids is 1. The zero-order valence-corrected chi connectivity index (χ0v) is 35.6. The number of rotatable bonds is 14. The summed E-state index contributed by atoms with van der Waals surface area (Å²) >= 11 is 0. The number of aliphatic hydroxyl groups is 10. The SMILES string of the molecule is O=C(O)C1O[C@@H](Oc2cc(-c3ccc(C4C[C@H](CO)[C@@H](O)[C@H](O)[C@H]4O)cc3)ccc2[C@@H]2[C@@H](CC[C@H](O[C@@H]3OC=C(O)C(O)C3O)c3ccc(F)cc3)C(=O)N2c2ccccc2)C(O)C(O)[C@@H]1O. The molecule has 0 spiro atoms. The molecule has 1 aliphatic carbocycles. The second-order valence-corrected chi connectivity index (χ2v) is 17.3. The average Bonchev–Trinajstić information content (AvgIpc) is 3.33. The first kappa shape index (κ1) is 47.9. The van der Waals surface area contributed by atoms with E-state index in [0.29, 0.717) is 33.5 Å². The number of halogens is 1. The zero-order valence-electron chi connectivity index (χ0n) is 35.6. The molecule has 4 aromatic rings. The summed E-state index contributed by atoms with van der Waals surface area (Å²) in [6.45, 7) is -0.399. The normalized spacial score (nSPS) is 33.5. The lowest BCUT2D eigenvalue weighted by atomic mass is 9.73. The van der Waals surface area contributed by atoms with Crippen molar-refractivity contribution in [2.24, 2.45) is 11.8 Å². The fourth-order valence-corrected chi connectivity index (χ4v) is 9.37. The van der Waals surface area contributed by atoms with Crippen LogP contribution in [0.2, 0.25) is 0 Å². The number of carbonyl (C=O) groups excluding carboxylic acids is 1. The Balaban J connectivity index is 1.16. The van der Waals surface area contributed by atoms with Crippen LogP contribution >= 0.6 is 0 Å². The Morgan fingerprint density at radius 3 is 2.12 bits per heavy atom. The Morgan fingerprint density at radius 2 is 1.45 bits per heavy atom. The summed E-state index contributed by atoms with van der Waals surface area (Å²) in [5.74, 6) is -5.29. The van der Waals surface area contributed by atoms with Gasteiger partial charge in [0.25, 0.3) is 0 Å². The van der Waals surface area contributed by atoms with Crippen molar-refractivity contribution in [3.63, 3.8) is 0 Å². The standard InChI is InChI=1S/C48H52FNO17/c49-27-13-10-24(11-14-27)33(65-47-42(59)38(55)32(52)21-64-47)17-16-30-35(50(45(30)61)28-4-2-1-3-5-28)29-15-12-25(19-34(29)66-48-43(60)40(57)41(58)44(67-48)46(62)63)22-6-8-23(9-7-22)31-18-26(20-51)36(53)39(56)37(31)54/h1-15,19,21,26,30-31,33,35-44,47-48,51-60H,16-18,20H2,(H,62,63)/t26-,30-,31?,33+,35-,36-,37+,38?,39+,40?,41+,42?,43?,44?,47+,48-/m1/s1. The maximum atomic E-state index is 14.4. The van der Waals surface area contributed by atoms with Crippen molar-refractivity contribution in [1.29, 1.82) is 0 Å². The molecular weight excluding hydrogens is 882 g/mol. The van der Waals surface area contributed by atoms with Gasteiger partial charge in [0.1, 0.15) is 54.5 Å². The summed E-state index contributed by atoms with van der Waals surface area (Å²) in [4.78, 5) is 28.0. The third-order valence-corrected chi connectivity index (χ3v) is 13.2. The lowest BCUT2D eigenvalue weighted by Crippen LogP contribution is -2.61. The second kappa shape index (κ2) is 20.0. The molecule has 4 aromatic carbocycles. The maximum absolute atomic E-state index is 14.4. The minimum absolute atomic E-state index is 0.0157. The molecule has 18 nitrogen and oxygen atoms in total. The van der Waals surface area contributed by atoms with Crippen LogP contribution in [-0.2, 0) is 23.8 Å². The molecule has 67 heavy (non-hydrogen) atoms. The summed E-state index contributed by atoms with van der Waals surface area (Å²) < 4.78 is 37.5. The first-order valence-corrected chi connectivity index (χ1v) is 21.8. The van der Waals surface area contributed by atoms with Crippen LogP contribution in [0.15, 0.2) is 109 Å². The Bertz CT molecular complexity index is 2390. The van der Waals surface area contributed by atoms with Gasteiger partial charge in [0.2, 0.25) is 18.5 Å². The van der Waals surface area contributed by atoms with Crippen LogP contribution in [0.1, 0.15) is 54.0 Å². The van der Waals surface area contributed by atoms with E-state index in [4.69, 9.17) is 18.9 Å². The molecule has 358 valence electrons. The van der Waals surface area contributed by atoms with E-state index < -0.39 is 122 Å². The van der Waals surface area contributed by atoms with Gasteiger partial charge in [0.05, 0.1) is 30.3 Å². The van der Waals surface area contributed by atoms with E-state index in [2.05, 4.69) is 0 Å². The molecule has 0 bridgehead atoms. The highest BCUT2D eigenvalue weighted by Crippen LogP contribution is 2.50. The Morgan fingerprint density at radius 1 is 0.776 bits per heavy atom. The molecule has 16 atom stereocenters. The minimum atomic E-state index is -2.01. The molecular formula is C48H52FNO17. The number of β-lactam (4-membered cyclic amide) rings is 1. The number of aliphatic hydroxyl groups excluding tert-OH is 10. The first-order chi connectivity index (χ1) is 32.1. The van der Waals surface area contributed by atoms with E-state index in [1.165, 1.54) is 29.2 Å². The number of aliphatic carboxylic acids is 1. The first-order valence-electron chi connectivity index (χ1n) is 21.8. The van der Waals surface area contributed by atoms with Crippen molar-refractivity contribution in [3.05, 3.63) is 132 Å². The van der Waals surface area contributed by atoms with Gasteiger partial charge in [-0.05, 0) is 71.8 Å². The molecule has 0 aromatic heterocycles. The van der Waals surface area contributed by atoms with Crippen LogP contribution in [0, 0.1) is 17.7 Å². The molecule has 2 saturated heterocycles. The van der Waals surface area contributed by atoms with Crippen LogP contribution in [0.3, 0.4) is 0 Å². The highest BCUT2D eigenvalue weighted by atomic mass is 19.1. The topological polar surface area (TPSA) is 297 Å². The highest BCUT2D eigenvalue weighted by Gasteiger charge is 2.52. The van der Waals surface area contributed by atoms with Crippen LogP contribution in [0.25, 0.3) is 11.1 Å². The highest BCUT2D eigenvalue weighted by molar-refractivity contribution is 6.03. The number of nitrogens with zero attached hydrogens (tertiary/aromatic N) is 1. The van der Waals surface area contributed by atoms with Crippen molar-refractivity contribution in [2.75, 3.05) is 11.5 Å². The smallest absolute Gasteiger partial charge is 0.335 e. The van der Waals surface area contributed by atoms with Crippen LogP contribution in [0.4, 0.5) is 10.1 Å². The number of anilines is 1. The summed E-state index contributed by atoms with van der Waals surface area (Å²) in [6, 6.07) is 25.0. The molecule has 11 N–H and O–H groups in total. The lowest BCUT2D eigenvalue weighted by Gasteiger charge is -2.48. The predicted molar refractivity (Wildman–Crippen MR) is 230 cm³/mol. The molecule has 0 radical (unpaired) electrons. The fraction of sp³-hybridized carbons (Fsp3) is 0.417. The van der Waals surface area contributed by atoms with Crippen molar-refractivity contribution >= 4 is 17.6 Å². The fourth-order valence-electron chi connectivity index (χ4n) is 9.37. The van der Waals surface area contributed by atoms with Crippen molar-refractivity contribution < 1.29 is 89.1 Å². The number of amides is 1. The number of ether oxygens (including phenoxy) is 4. The number of carboxylic acid groups (broad SMARTS) is 1. The van der Waals surface area contributed by atoms with Crippen LogP contribution in [-0.4, -0.2) is 142 Å². The molecule has 8 rings (SSSR count). The third kappa shape index (κ3) is 9.50. The van der Waals surface area contributed by atoms with E-state index in [0.717, 1.165) is 6.26 Å². The van der Waals surface area contributed by atoms with Gasteiger partial charge in [0.15, 0.2) is 11.9 Å². The summed E-state index contributed by atoms with van der Waals surface area (Å²) in [7, 11) is 0. The maximum Gasteiger partial charge on any atom is 0.335 e. The predicted octanol–water partition coefficient (Wildman–Crippen LogP) is 1.66. The van der Waals surface area contributed by atoms with Gasteiger partial charge in [0, 0.05) is 29.7 Å². The van der Waals surface area contributed by atoms with Crippen molar-refractivity contribution in [1.82, 2.24) is 0 Å². The third-order valence-electron chi connectivity index (χ3n) is 13.2. The van der Waals surface area contributed by atoms with E-state index in [9.17, 15) is 70.2 Å². The largest absolute Gasteiger partial charge is 0.506 e. The van der Waals surface area contributed by atoms with Gasteiger partial charge in [-0.15, -0.1) is 0 Å². The Hall–Kier alpha value is -5.55. The molecule has 3 aliphatic heterocycles. The average molecular weight is 934 g/mol. The van der Waals surface area contributed by atoms with Gasteiger partial charge in [-0.3, -0.25) is 4.79 Å². The number of hydrogen-bond acceptors (Lipinski definition) is 16. The van der Waals surface area contributed by atoms with Gasteiger partial charge < -0.3 is 80.0 Å². The Kier molecular flexibility index (Phi) is 14.3. The summed E-state index contributed by atoms with van der Waals surface area (Å²) in [6.07, 6.45) is -18.7. The molecule has 3 heterocycles. The molecule has 19 heteroatoms. The molecule has 1 amide bonds. The van der Waals surface area contributed by atoms with Crippen LogP contribution in [0.5, 0.6) is 5.75 Å². The number of hydrogen-bond donors (Lipinski definition) is 11. The quantitative estimate of drug-likeness (QED) is 0.0802. The van der Waals surface area contributed by atoms with Crippen LogP contribution < -0.4 is 9.64 Å². The second-order valence-electron chi connectivity index (χ2n) is 17.3. The monoisotopic (exact) mass is 933 g/mol. The van der Waals surface area contributed by atoms with E-state index in [-0.39, 0.29) is 30.9 Å². The van der Waals surface area contributed by atoms with E-state index >= 15 is 0 Å². The molecule has 6 unspecified atom stereocenters. The lowest BCUT2D eigenvalue weighted by molar-refractivity contribution is -0.271.